The van der Waals surface area contributed by atoms with Crippen molar-refractivity contribution >= 4 is 51.5 Å². The maximum atomic E-state index is 12.3. The van der Waals surface area contributed by atoms with E-state index in [9.17, 15) is 4.79 Å². The van der Waals surface area contributed by atoms with Crippen LogP contribution in [0.4, 0.5) is 11.5 Å². The van der Waals surface area contributed by atoms with E-state index in [4.69, 9.17) is 28.9 Å². The molecule has 0 saturated carbocycles. The van der Waals surface area contributed by atoms with Crippen LogP contribution in [0.1, 0.15) is 10.4 Å². The van der Waals surface area contributed by atoms with E-state index in [2.05, 4.69) is 20.3 Å². The largest absolute Gasteiger partial charge is 0.399 e. The first-order valence-electron chi connectivity index (χ1n) is 5.90. The first-order chi connectivity index (χ1) is 10.1. The number of carbonyl (C=O) groups is 1. The Balaban J connectivity index is 1.97. The zero-order valence-electron chi connectivity index (χ0n) is 10.5. The molecule has 0 radical (unpaired) electrons. The minimum absolute atomic E-state index is 0.0742. The average Bonchev–Trinajstić information content (AvgIpc) is 2.87. The maximum absolute atomic E-state index is 12.3. The molecular formula is C13H9Cl2N5O. The quantitative estimate of drug-likeness (QED) is 0.499. The molecule has 3 aromatic rings. The number of hydrogen-bond acceptors (Lipinski definition) is 4. The number of benzene rings is 1. The highest BCUT2D eigenvalue weighted by molar-refractivity contribution is 6.43. The number of carbonyl (C=O) groups excluding carboxylic acids is 1. The van der Waals surface area contributed by atoms with Crippen molar-refractivity contribution in [3.63, 3.8) is 0 Å². The van der Waals surface area contributed by atoms with Gasteiger partial charge in [0, 0.05) is 22.8 Å². The number of amides is 1. The summed E-state index contributed by atoms with van der Waals surface area (Å²) in [5.74, 6) is -0.219. The summed E-state index contributed by atoms with van der Waals surface area (Å²) in [5, 5.41) is 3.47. The van der Waals surface area contributed by atoms with Gasteiger partial charge in [-0.1, -0.05) is 23.2 Å². The molecule has 0 atom stereocenters. The van der Waals surface area contributed by atoms with E-state index >= 15 is 0 Å². The minimum atomic E-state index is -0.372. The number of rotatable bonds is 2. The molecule has 2 aromatic heterocycles. The van der Waals surface area contributed by atoms with Crippen molar-refractivity contribution in [2.24, 2.45) is 0 Å². The number of aromatic nitrogens is 3. The van der Waals surface area contributed by atoms with E-state index in [0.29, 0.717) is 16.6 Å². The number of nitrogens with two attached hydrogens (primary N) is 1. The summed E-state index contributed by atoms with van der Waals surface area (Å²) in [4.78, 5) is 22.9. The fourth-order valence-electron chi connectivity index (χ4n) is 1.94. The van der Waals surface area contributed by atoms with Crippen LogP contribution in [0.3, 0.4) is 0 Å². The third-order valence-corrected chi connectivity index (χ3v) is 3.67. The van der Waals surface area contributed by atoms with Gasteiger partial charge >= 0.3 is 0 Å². The van der Waals surface area contributed by atoms with Gasteiger partial charge in [0.05, 0.1) is 5.56 Å². The Hall–Kier alpha value is -2.31. The number of nitrogen functional groups attached to an aromatic ring is 1. The van der Waals surface area contributed by atoms with Crippen LogP contribution in [-0.2, 0) is 0 Å². The summed E-state index contributed by atoms with van der Waals surface area (Å²) in [5.41, 5.74) is 7.55. The van der Waals surface area contributed by atoms with Crippen LogP contribution < -0.4 is 11.1 Å². The number of halogens is 2. The topological polar surface area (TPSA) is 96.7 Å². The fraction of sp³-hybridized carbons (Fsp3) is 0. The van der Waals surface area contributed by atoms with Crippen molar-refractivity contribution < 1.29 is 4.79 Å². The molecule has 4 N–H and O–H groups in total. The Labute approximate surface area is 129 Å². The lowest BCUT2D eigenvalue weighted by Gasteiger charge is -2.06. The first-order valence-corrected chi connectivity index (χ1v) is 6.66. The Morgan fingerprint density at radius 2 is 2.10 bits per heavy atom. The molecular weight excluding hydrogens is 313 g/mol. The van der Waals surface area contributed by atoms with Gasteiger partial charge in [0.15, 0.2) is 11.0 Å². The Morgan fingerprint density at radius 1 is 1.29 bits per heavy atom. The second-order valence-corrected chi connectivity index (χ2v) is 5.02. The molecule has 6 nitrogen and oxygen atoms in total. The van der Waals surface area contributed by atoms with Gasteiger partial charge in [0.25, 0.3) is 5.91 Å². The molecule has 0 aliphatic carbocycles. The van der Waals surface area contributed by atoms with Crippen molar-refractivity contribution in [2.45, 2.75) is 0 Å². The number of hydrogen-bond donors (Lipinski definition) is 3. The molecule has 3 rings (SSSR count). The third-order valence-electron chi connectivity index (χ3n) is 2.93. The van der Waals surface area contributed by atoms with Crippen LogP contribution >= 0.6 is 23.2 Å². The SMILES string of the molecule is Nc1ccc2[nH]cc(C(=O)Nc3ncnc(Cl)c3Cl)c2c1. The smallest absolute Gasteiger partial charge is 0.259 e. The van der Waals surface area contributed by atoms with E-state index in [-0.39, 0.29) is 21.9 Å². The van der Waals surface area contributed by atoms with Gasteiger partial charge in [-0.3, -0.25) is 4.79 Å². The van der Waals surface area contributed by atoms with Crippen molar-refractivity contribution in [1.29, 1.82) is 0 Å². The molecule has 106 valence electrons. The predicted octanol–water partition coefficient (Wildman–Crippen LogP) is 3.10. The fourth-order valence-corrected chi connectivity index (χ4v) is 2.21. The van der Waals surface area contributed by atoms with Crippen LogP contribution in [0, 0.1) is 0 Å². The van der Waals surface area contributed by atoms with Crippen LogP contribution in [-0.4, -0.2) is 20.9 Å². The highest BCUT2D eigenvalue weighted by Crippen LogP contribution is 2.27. The molecule has 0 unspecified atom stereocenters. The maximum Gasteiger partial charge on any atom is 0.259 e. The Bertz CT molecular complexity index is 846. The molecule has 0 aliphatic heterocycles. The van der Waals surface area contributed by atoms with Crippen LogP contribution in [0.25, 0.3) is 10.9 Å². The number of aromatic amines is 1. The summed E-state index contributed by atoms with van der Waals surface area (Å²) in [6.45, 7) is 0. The summed E-state index contributed by atoms with van der Waals surface area (Å²) < 4.78 is 0. The standard InChI is InChI=1S/C13H9Cl2N5O/c14-10-11(15)18-5-19-12(10)20-13(21)8-4-17-9-2-1-6(16)3-7(8)9/h1-5,17H,16H2,(H,18,19,20,21). The molecule has 2 heterocycles. The highest BCUT2D eigenvalue weighted by Gasteiger charge is 2.15. The second kappa shape index (κ2) is 5.23. The van der Waals surface area contributed by atoms with E-state index in [1.165, 1.54) is 6.33 Å². The molecule has 21 heavy (non-hydrogen) atoms. The van der Waals surface area contributed by atoms with Crippen molar-refractivity contribution in [1.82, 2.24) is 15.0 Å². The van der Waals surface area contributed by atoms with E-state index in [0.717, 1.165) is 5.52 Å². The summed E-state index contributed by atoms with van der Waals surface area (Å²) in [7, 11) is 0. The molecule has 0 aliphatic rings. The molecule has 0 spiro atoms. The van der Waals surface area contributed by atoms with Crippen molar-refractivity contribution in [3.05, 3.63) is 46.5 Å². The number of nitrogens with zero attached hydrogens (tertiary/aromatic N) is 2. The van der Waals surface area contributed by atoms with Crippen LogP contribution in [0.15, 0.2) is 30.7 Å². The molecule has 0 bridgehead atoms. The van der Waals surface area contributed by atoms with Gasteiger partial charge in [0.1, 0.15) is 11.3 Å². The lowest BCUT2D eigenvalue weighted by atomic mass is 10.1. The van der Waals surface area contributed by atoms with E-state index in [1.807, 2.05) is 0 Å². The van der Waals surface area contributed by atoms with Crippen molar-refractivity contribution in [2.75, 3.05) is 11.1 Å². The van der Waals surface area contributed by atoms with Gasteiger partial charge in [0.2, 0.25) is 0 Å². The Morgan fingerprint density at radius 3 is 2.90 bits per heavy atom. The number of H-pyrrole nitrogens is 1. The van der Waals surface area contributed by atoms with E-state index < -0.39 is 0 Å². The number of nitrogens with one attached hydrogen (secondary N) is 2. The van der Waals surface area contributed by atoms with Gasteiger partial charge in [-0.05, 0) is 18.2 Å². The zero-order chi connectivity index (χ0) is 15.0. The average molecular weight is 322 g/mol. The molecule has 0 fully saturated rings. The normalized spacial score (nSPS) is 10.8. The second-order valence-electron chi connectivity index (χ2n) is 4.29. The molecule has 8 heteroatoms. The van der Waals surface area contributed by atoms with Gasteiger partial charge in [-0.15, -0.1) is 0 Å². The summed E-state index contributed by atoms with van der Waals surface area (Å²) >= 11 is 11.7. The zero-order valence-corrected chi connectivity index (χ0v) is 12.0. The first kappa shape index (κ1) is 13.7. The van der Waals surface area contributed by atoms with E-state index in [1.54, 1.807) is 24.4 Å². The number of fused-ring (bicyclic) bond motifs is 1. The Kier molecular flexibility index (Phi) is 3.40. The summed E-state index contributed by atoms with van der Waals surface area (Å²) in [6, 6.07) is 5.27. The highest BCUT2D eigenvalue weighted by atomic mass is 35.5. The van der Waals surface area contributed by atoms with Gasteiger partial charge in [-0.2, -0.15) is 0 Å². The van der Waals surface area contributed by atoms with Crippen LogP contribution in [0.2, 0.25) is 10.2 Å². The number of anilines is 2. The van der Waals surface area contributed by atoms with Gasteiger partial charge < -0.3 is 16.0 Å². The van der Waals surface area contributed by atoms with Crippen LogP contribution in [0.5, 0.6) is 0 Å². The third kappa shape index (κ3) is 2.51. The monoisotopic (exact) mass is 321 g/mol. The summed E-state index contributed by atoms with van der Waals surface area (Å²) in [6.07, 6.45) is 2.81. The lowest BCUT2D eigenvalue weighted by molar-refractivity contribution is 0.102. The molecule has 0 saturated heterocycles. The van der Waals surface area contributed by atoms with Gasteiger partial charge in [-0.25, -0.2) is 9.97 Å². The lowest BCUT2D eigenvalue weighted by Crippen LogP contribution is -2.13. The molecule has 1 amide bonds. The van der Waals surface area contributed by atoms with Crippen molar-refractivity contribution in [3.8, 4) is 0 Å². The molecule has 1 aromatic carbocycles. The predicted molar refractivity (Wildman–Crippen MR) is 82.7 cm³/mol. The minimum Gasteiger partial charge on any atom is -0.399 e.